The fraction of sp³-hybridized carbons (Fsp3) is 1.00. The first-order valence-electron chi connectivity index (χ1n) is 4.27. The number of nitrogens with zero attached hydrogens (tertiary/aromatic N) is 1. The fourth-order valence-corrected chi connectivity index (χ4v) is 1.66. The molecule has 1 rings (SSSR count). The highest BCUT2D eigenvalue weighted by Crippen LogP contribution is 2.15. The Hall–Kier alpha value is -0.120. The van der Waals surface area contributed by atoms with Gasteiger partial charge in [-0.2, -0.15) is 0 Å². The fourth-order valence-electron chi connectivity index (χ4n) is 1.66. The first-order valence-corrected chi connectivity index (χ1v) is 4.27. The lowest BCUT2D eigenvalue weighted by atomic mass is 10.0. The quantitative estimate of drug-likeness (QED) is 0.587. The van der Waals surface area contributed by atoms with Crippen molar-refractivity contribution in [1.29, 1.82) is 0 Å². The predicted octanol–water partition coefficient (Wildman–Crippen LogP) is -0.176. The van der Waals surface area contributed by atoms with E-state index in [4.69, 9.17) is 5.11 Å². The molecule has 1 fully saturated rings. The van der Waals surface area contributed by atoms with Crippen LogP contribution in [-0.2, 0) is 0 Å². The molecule has 1 aliphatic heterocycles. The summed E-state index contributed by atoms with van der Waals surface area (Å²) in [5, 5.41) is 18.0. The zero-order chi connectivity index (χ0) is 8.27. The number of rotatable bonds is 2. The van der Waals surface area contributed by atoms with Crippen LogP contribution in [0.5, 0.6) is 0 Å². The van der Waals surface area contributed by atoms with Crippen LogP contribution < -0.4 is 0 Å². The third-order valence-corrected chi connectivity index (χ3v) is 2.37. The van der Waals surface area contributed by atoms with E-state index in [9.17, 15) is 5.11 Å². The molecular formula is C8H17NO2. The molecule has 0 aliphatic carbocycles. The van der Waals surface area contributed by atoms with Crippen molar-refractivity contribution in [3.8, 4) is 0 Å². The Morgan fingerprint density at radius 1 is 1.55 bits per heavy atom. The molecule has 3 nitrogen and oxygen atoms in total. The van der Waals surface area contributed by atoms with Crippen molar-refractivity contribution in [3.05, 3.63) is 0 Å². The van der Waals surface area contributed by atoms with Crippen LogP contribution in [0.25, 0.3) is 0 Å². The molecule has 0 aromatic heterocycles. The van der Waals surface area contributed by atoms with E-state index in [1.54, 1.807) is 0 Å². The van der Waals surface area contributed by atoms with Gasteiger partial charge < -0.3 is 10.2 Å². The predicted molar refractivity (Wildman–Crippen MR) is 43.4 cm³/mol. The van der Waals surface area contributed by atoms with E-state index in [1.807, 2.05) is 0 Å². The molecule has 0 unspecified atom stereocenters. The summed E-state index contributed by atoms with van der Waals surface area (Å²) in [6.45, 7) is 3.98. The van der Waals surface area contributed by atoms with Gasteiger partial charge in [0, 0.05) is 19.1 Å². The maximum Gasteiger partial charge on any atom is 0.0567 e. The lowest BCUT2D eigenvalue weighted by molar-refractivity contribution is 0.0395. The second-order valence-corrected chi connectivity index (χ2v) is 3.29. The van der Waals surface area contributed by atoms with Gasteiger partial charge in [-0.25, -0.2) is 0 Å². The van der Waals surface area contributed by atoms with Crippen molar-refractivity contribution in [2.45, 2.75) is 31.9 Å². The molecule has 1 heterocycles. The van der Waals surface area contributed by atoms with Gasteiger partial charge >= 0.3 is 0 Å². The number of β-amino-alcohol motifs (C(OH)–C–C–N with tert-alkyl or cyclic N) is 1. The minimum absolute atomic E-state index is 0.125. The summed E-state index contributed by atoms with van der Waals surface area (Å²) in [6.07, 6.45) is 1.57. The van der Waals surface area contributed by atoms with Gasteiger partial charge in [0.25, 0.3) is 0 Å². The van der Waals surface area contributed by atoms with Crippen LogP contribution >= 0.6 is 0 Å². The summed E-state index contributed by atoms with van der Waals surface area (Å²) < 4.78 is 0. The molecule has 0 radical (unpaired) electrons. The Kier molecular flexibility index (Phi) is 3.30. The molecular weight excluding hydrogens is 142 g/mol. The van der Waals surface area contributed by atoms with E-state index in [0.717, 1.165) is 25.9 Å². The second kappa shape index (κ2) is 4.04. The molecule has 0 amide bonds. The van der Waals surface area contributed by atoms with Crippen LogP contribution in [-0.4, -0.2) is 47.0 Å². The smallest absolute Gasteiger partial charge is 0.0567 e. The molecule has 11 heavy (non-hydrogen) atoms. The zero-order valence-electron chi connectivity index (χ0n) is 7.03. The van der Waals surface area contributed by atoms with Gasteiger partial charge in [0.1, 0.15) is 0 Å². The van der Waals surface area contributed by atoms with Crippen molar-refractivity contribution in [2.24, 2.45) is 0 Å². The summed E-state index contributed by atoms with van der Waals surface area (Å²) in [5.74, 6) is 0. The summed E-state index contributed by atoms with van der Waals surface area (Å²) in [5.41, 5.74) is 0. The molecule has 2 atom stereocenters. The maximum absolute atomic E-state index is 9.28. The topological polar surface area (TPSA) is 43.7 Å². The van der Waals surface area contributed by atoms with Crippen LogP contribution in [0.3, 0.4) is 0 Å². The van der Waals surface area contributed by atoms with Crippen LogP contribution in [0.15, 0.2) is 0 Å². The highest BCUT2D eigenvalue weighted by atomic mass is 16.3. The van der Waals surface area contributed by atoms with Gasteiger partial charge in [0.05, 0.1) is 12.7 Å². The normalized spacial score (nSPS) is 34.1. The third kappa shape index (κ3) is 2.43. The Morgan fingerprint density at radius 3 is 2.82 bits per heavy atom. The van der Waals surface area contributed by atoms with Crippen molar-refractivity contribution >= 4 is 0 Å². The van der Waals surface area contributed by atoms with E-state index in [0.29, 0.717) is 6.04 Å². The molecule has 3 heteroatoms. The Balaban J connectivity index is 2.31. The standard InChI is InChI=1S/C8H17NO2/c1-7-6-8(11)2-3-9(7)4-5-10/h7-8,10-11H,2-6H2,1H3/t7-,8-/m0/s1. The largest absolute Gasteiger partial charge is 0.395 e. The lowest BCUT2D eigenvalue weighted by Gasteiger charge is -2.35. The van der Waals surface area contributed by atoms with Crippen LogP contribution in [0.4, 0.5) is 0 Å². The number of hydrogen-bond acceptors (Lipinski definition) is 3. The maximum atomic E-state index is 9.28. The van der Waals surface area contributed by atoms with Crippen LogP contribution in [0, 0.1) is 0 Å². The van der Waals surface area contributed by atoms with Crippen molar-refractivity contribution in [1.82, 2.24) is 4.90 Å². The van der Waals surface area contributed by atoms with E-state index in [-0.39, 0.29) is 12.7 Å². The Morgan fingerprint density at radius 2 is 2.27 bits per heavy atom. The lowest BCUT2D eigenvalue weighted by Crippen LogP contribution is -2.43. The number of hydrogen-bond donors (Lipinski definition) is 2. The molecule has 0 aromatic carbocycles. The average Bonchev–Trinajstić information content (AvgIpc) is 1.95. The number of likely N-dealkylation sites (tertiary alicyclic amines) is 1. The van der Waals surface area contributed by atoms with Crippen molar-refractivity contribution in [3.63, 3.8) is 0 Å². The van der Waals surface area contributed by atoms with Gasteiger partial charge in [0.15, 0.2) is 0 Å². The summed E-state index contributed by atoms with van der Waals surface area (Å²) >= 11 is 0. The van der Waals surface area contributed by atoms with Crippen LogP contribution in [0.2, 0.25) is 0 Å². The van der Waals surface area contributed by atoms with Gasteiger partial charge in [-0.15, -0.1) is 0 Å². The molecule has 1 aliphatic rings. The van der Waals surface area contributed by atoms with Crippen molar-refractivity contribution < 1.29 is 10.2 Å². The number of aliphatic hydroxyl groups excluding tert-OH is 2. The highest BCUT2D eigenvalue weighted by Gasteiger charge is 2.22. The molecule has 66 valence electrons. The minimum Gasteiger partial charge on any atom is -0.395 e. The van der Waals surface area contributed by atoms with E-state index < -0.39 is 0 Å². The van der Waals surface area contributed by atoms with E-state index >= 15 is 0 Å². The zero-order valence-corrected chi connectivity index (χ0v) is 7.03. The monoisotopic (exact) mass is 159 g/mol. The number of piperidine rings is 1. The Bertz CT molecular complexity index is 119. The number of aliphatic hydroxyl groups is 2. The third-order valence-electron chi connectivity index (χ3n) is 2.37. The first kappa shape index (κ1) is 8.97. The second-order valence-electron chi connectivity index (χ2n) is 3.29. The van der Waals surface area contributed by atoms with Crippen LogP contribution in [0.1, 0.15) is 19.8 Å². The molecule has 0 bridgehead atoms. The van der Waals surface area contributed by atoms with Gasteiger partial charge in [-0.05, 0) is 19.8 Å². The molecule has 2 N–H and O–H groups in total. The average molecular weight is 159 g/mol. The molecule has 0 saturated carbocycles. The summed E-state index contributed by atoms with van der Waals surface area (Å²) in [4.78, 5) is 2.22. The van der Waals surface area contributed by atoms with Gasteiger partial charge in [-0.3, -0.25) is 4.90 Å². The van der Waals surface area contributed by atoms with E-state index in [1.165, 1.54) is 0 Å². The van der Waals surface area contributed by atoms with Crippen molar-refractivity contribution in [2.75, 3.05) is 19.7 Å². The minimum atomic E-state index is -0.125. The highest BCUT2D eigenvalue weighted by molar-refractivity contribution is 4.77. The summed E-state index contributed by atoms with van der Waals surface area (Å²) in [6, 6.07) is 0.422. The van der Waals surface area contributed by atoms with Gasteiger partial charge in [-0.1, -0.05) is 0 Å². The molecule has 1 saturated heterocycles. The van der Waals surface area contributed by atoms with Gasteiger partial charge in [0.2, 0.25) is 0 Å². The SMILES string of the molecule is C[C@H]1C[C@@H](O)CCN1CCO. The first-order chi connectivity index (χ1) is 5.24. The Labute approximate surface area is 67.6 Å². The molecule has 0 aromatic rings. The summed E-state index contributed by atoms with van der Waals surface area (Å²) in [7, 11) is 0. The molecule has 0 spiro atoms. The van der Waals surface area contributed by atoms with E-state index in [2.05, 4.69) is 11.8 Å².